The summed E-state index contributed by atoms with van der Waals surface area (Å²) in [6.45, 7) is 17.5. The number of Topliss-reactive ketones (excluding diaryl/α,β-unsaturated/α-hetero) is 1. The van der Waals surface area contributed by atoms with Gasteiger partial charge in [-0.3, -0.25) is 62.5 Å². The van der Waals surface area contributed by atoms with Gasteiger partial charge in [0.25, 0.3) is 0 Å². The number of aliphatic carboxylic acids is 2. The molecule has 12 atom stereocenters. The Hall–Kier alpha value is -9.14. The van der Waals surface area contributed by atoms with Crippen LogP contribution in [0.1, 0.15) is 132 Å². The first-order chi connectivity index (χ1) is 48.6. The van der Waals surface area contributed by atoms with Crippen molar-refractivity contribution in [3.8, 4) is 0 Å². The first kappa shape index (κ1) is 82.8. The highest BCUT2D eigenvalue weighted by molar-refractivity contribution is 8.76. The lowest BCUT2D eigenvalue weighted by Crippen LogP contribution is -2.61. The number of carbonyl (C=O) groups excluding carboxylic acids is 11. The predicted octanol–water partition coefficient (Wildman–Crippen LogP) is 2.49. The average molecular weight is 1470 g/mol. The second-order valence-electron chi connectivity index (χ2n) is 28.4. The highest BCUT2D eigenvalue weighted by atomic mass is 33.1. The summed E-state index contributed by atoms with van der Waals surface area (Å²) in [5, 5.41) is 61.4. The number of ketones is 1. The van der Waals surface area contributed by atoms with Crippen molar-refractivity contribution in [1.29, 1.82) is 0 Å². The maximum atomic E-state index is 15.0. The van der Waals surface area contributed by atoms with Crippen LogP contribution in [0.3, 0.4) is 0 Å². The fourth-order valence-electron chi connectivity index (χ4n) is 11.8. The van der Waals surface area contributed by atoms with Crippen LogP contribution in [0, 0.1) is 23.7 Å². The minimum Gasteiger partial charge on any atom is -0.481 e. The number of fused-ring (bicyclic) bond motifs is 2. The van der Waals surface area contributed by atoms with Gasteiger partial charge in [0.15, 0.2) is 11.8 Å². The summed E-state index contributed by atoms with van der Waals surface area (Å²) in [4.78, 5) is 195. The fraction of sp³-hybridized carbons (Fsp3) is 0.549. The Morgan fingerprint density at radius 3 is 1.71 bits per heavy atom. The molecule has 0 saturated carbocycles. The first-order valence-electron chi connectivity index (χ1n) is 34.5. The maximum absolute atomic E-state index is 15.0. The molecule has 16 N–H and O–H groups in total. The van der Waals surface area contributed by atoms with Crippen LogP contribution >= 0.6 is 21.6 Å². The Kier molecular flexibility index (Phi) is 31.3. The number of carboxylic acids is 2. The van der Waals surface area contributed by atoms with Crippen molar-refractivity contribution >= 4 is 126 Å². The minimum absolute atomic E-state index is 0.00538. The first-order valence-corrected chi connectivity index (χ1v) is 37.0. The van der Waals surface area contributed by atoms with E-state index in [4.69, 9.17) is 0 Å². The summed E-state index contributed by atoms with van der Waals surface area (Å²) < 4.78 is 0. The van der Waals surface area contributed by atoms with E-state index in [1.54, 1.807) is 111 Å². The van der Waals surface area contributed by atoms with Gasteiger partial charge in [-0.15, -0.1) is 0 Å². The molecule has 0 unspecified atom stereocenters. The van der Waals surface area contributed by atoms with Crippen LogP contribution < -0.4 is 58.5 Å². The summed E-state index contributed by atoms with van der Waals surface area (Å²) >= 11 is 0. The van der Waals surface area contributed by atoms with E-state index >= 15 is 9.59 Å². The SMILES string of the molecule is CC(C)C[C@@H]1NC(=O)[C@H](CC2=CN=CC2)CC(=O)[C@H](Cc2c[nH]c3ccccc23)NC(=O)[C@H](C)NC(=O)[C@@H](NC(C)(C)C)CSSC[C@@H](C(=O)N[C@H](C(=O)O)[C@@H](C)O)NC(=O)[C@H](Cc2c[nH]c3ccccc23)NC(=O)[C@H](C(C)C)NC(=O)[C@H](CC(C)C)NC(=O)[C@H](CCC(=O)O)NC(=O)CNC1=O. The summed E-state index contributed by atoms with van der Waals surface area (Å²) in [6.07, 6.45) is 3.38. The third-order valence-electron chi connectivity index (χ3n) is 17.1. The zero-order valence-corrected chi connectivity index (χ0v) is 61.6. The molecule has 0 bridgehead atoms. The molecule has 1 fully saturated rings. The standard InChI is InChI=1S/C71H100N14O16S2/c1-36(2)24-51-63(93)75-33-57(88)77-49(20-21-58(89)90)64(94)80-52(25-37(3)4)66(96)83-59(38(5)6)69(99)81-53(28-44-32-74-48-19-15-13-17-46(44)48)65(95)82-54(67(97)84-60(40(8)86)70(100)101)34-102-103-35-55(85-71(9,10)11)68(98)76-39(7)61(91)78-50(27-43-31-73-47-18-14-12-16-45(43)47)56(87)29-42(62(92)79-51)26-41-22-23-72-30-41/h12-19,23,30-32,36-40,42,49-55,59-60,73-74,85-86H,20-22,24-29,33-35H2,1-11H3,(H,75,93)(H,76,98)(H,77,88)(H,78,91)(H,79,92)(H,80,94)(H,81,99)(H,82,95)(H,83,96)(H,84,97)(H,89,90)(H,100,101)/t39-,40+,42+,49-,50-,51-,52-,53-,54-,55-,59-,60-/m0/s1. The van der Waals surface area contributed by atoms with Crippen LogP contribution in [0.2, 0.25) is 0 Å². The third-order valence-corrected chi connectivity index (χ3v) is 19.6. The van der Waals surface area contributed by atoms with Crippen molar-refractivity contribution in [3.05, 3.63) is 83.8 Å². The number of aliphatic imine (C=N–C) groups is 1. The normalized spacial score (nSPS) is 24.3. The summed E-state index contributed by atoms with van der Waals surface area (Å²) in [5.74, 6) is -14.9. The molecule has 4 aromatic rings. The Labute approximate surface area is 606 Å². The van der Waals surface area contributed by atoms with Crippen molar-refractivity contribution in [2.75, 3.05) is 18.1 Å². The van der Waals surface area contributed by atoms with E-state index in [0.29, 0.717) is 34.0 Å². The molecule has 2 aliphatic rings. The predicted molar refractivity (Wildman–Crippen MR) is 391 cm³/mol. The Balaban J connectivity index is 1.41. The number of hydrogen-bond acceptors (Lipinski definition) is 18. The van der Waals surface area contributed by atoms with Gasteiger partial charge in [0.05, 0.1) is 24.7 Å². The average Bonchev–Trinajstić information content (AvgIpc) is 1.69. The van der Waals surface area contributed by atoms with Crippen molar-refractivity contribution in [2.24, 2.45) is 28.7 Å². The lowest BCUT2D eigenvalue weighted by Gasteiger charge is -2.29. The highest BCUT2D eigenvalue weighted by Gasteiger charge is 2.39. The van der Waals surface area contributed by atoms with Crippen molar-refractivity contribution < 1.29 is 77.6 Å². The number of benzene rings is 2. The van der Waals surface area contributed by atoms with Gasteiger partial charge in [-0.1, -0.05) is 99.5 Å². The number of H-pyrrole nitrogens is 2. The quantitative estimate of drug-likeness (QED) is 0.0600. The number of amides is 10. The van der Waals surface area contributed by atoms with Crippen molar-refractivity contribution in [3.63, 3.8) is 0 Å². The highest BCUT2D eigenvalue weighted by Crippen LogP contribution is 2.28. The molecule has 2 aliphatic heterocycles. The molecule has 30 nitrogen and oxygen atoms in total. The number of hydrogen-bond donors (Lipinski definition) is 16. The van der Waals surface area contributed by atoms with Gasteiger partial charge >= 0.3 is 11.9 Å². The van der Waals surface area contributed by atoms with E-state index in [1.807, 2.05) is 24.3 Å². The summed E-state index contributed by atoms with van der Waals surface area (Å²) in [7, 11) is 2.07. The van der Waals surface area contributed by atoms with Crippen molar-refractivity contribution in [1.82, 2.24) is 68.5 Å². The maximum Gasteiger partial charge on any atom is 0.328 e. The van der Waals surface area contributed by atoms with E-state index in [-0.39, 0.29) is 55.4 Å². The summed E-state index contributed by atoms with van der Waals surface area (Å²) in [6, 6.07) is -0.0170. The van der Waals surface area contributed by atoms with E-state index in [9.17, 15) is 68.1 Å². The van der Waals surface area contributed by atoms with Crippen molar-refractivity contribution in [2.45, 2.75) is 206 Å². The number of nitrogens with zero attached hydrogens (tertiary/aromatic N) is 1. The topological polar surface area (TPSA) is 459 Å². The third kappa shape index (κ3) is 26.0. The van der Waals surface area contributed by atoms with Gasteiger partial charge in [0.2, 0.25) is 59.1 Å². The fourth-order valence-corrected chi connectivity index (χ4v) is 14.1. The van der Waals surface area contributed by atoms with E-state index in [1.165, 1.54) is 6.92 Å². The van der Waals surface area contributed by atoms with Crippen LogP contribution in [0.5, 0.6) is 0 Å². The molecule has 10 amide bonds. The molecule has 0 aliphatic carbocycles. The van der Waals surface area contributed by atoms with Gasteiger partial charge in [0, 0.05) is 102 Å². The van der Waals surface area contributed by atoms with Gasteiger partial charge in [-0.25, -0.2) is 4.79 Å². The number of aliphatic hydroxyl groups excluding tert-OH is 1. The second kappa shape index (κ2) is 38.9. The largest absolute Gasteiger partial charge is 0.481 e. The number of rotatable bonds is 19. The van der Waals surface area contributed by atoms with Crippen LogP contribution in [-0.2, 0) is 75.2 Å². The van der Waals surface area contributed by atoms with E-state index < -0.39 is 186 Å². The second-order valence-corrected chi connectivity index (χ2v) is 31.0. The smallest absolute Gasteiger partial charge is 0.328 e. The van der Waals surface area contributed by atoms with Gasteiger partial charge in [0.1, 0.15) is 42.3 Å². The lowest BCUT2D eigenvalue weighted by atomic mass is 9.88. The monoisotopic (exact) mass is 1470 g/mol. The molecule has 562 valence electrons. The van der Waals surface area contributed by atoms with Crippen LogP contribution in [0.4, 0.5) is 0 Å². The number of carbonyl (C=O) groups is 13. The Bertz CT molecular complexity index is 3770. The van der Waals surface area contributed by atoms with Crippen LogP contribution in [0.15, 0.2) is 77.7 Å². The number of allylic oxidation sites excluding steroid dienone is 1. The Morgan fingerprint density at radius 2 is 1.16 bits per heavy atom. The minimum atomic E-state index is -1.85. The van der Waals surface area contributed by atoms with E-state index in [2.05, 4.69) is 73.4 Å². The molecule has 2 aromatic carbocycles. The van der Waals surface area contributed by atoms with Gasteiger partial charge in [-0.2, -0.15) is 0 Å². The number of nitrogens with one attached hydrogen (secondary N) is 13. The molecular weight excluding hydrogens is 1370 g/mol. The molecule has 103 heavy (non-hydrogen) atoms. The number of para-hydroxylation sites is 2. The zero-order chi connectivity index (χ0) is 76.0. The zero-order valence-electron chi connectivity index (χ0n) is 60.0. The molecule has 4 heterocycles. The number of aromatic nitrogens is 2. The molecular formula is C71H100N14O16S2. The van der Waals surface area contributed by atoms with Gasteiger partial charge < -0.3 is 83.8 Å². The lowest BCUT2D eigenvalue weighted by molar-refractivity contribution is -0.145. The number of aliphatic hydroxyl groups is 1. The summed E-state index contributed by atoms with van der Waals surface area (Å²) in [5.41, 5.74) is 2.55. The molecule has 32 heteroatoms. The van der Waals surface area contributed by atoms with Gasteiger partial charge in [-0.05, 0) is 107 Å². The molecule has 0 radical (unpaired) electrons. The van der Waals surface area contributed by atoms with Crippen LogP contribution in [0.25, 0.3) is 21.8 Å². The number of carboxylic acid groups (broad SMARTS) is 2. The molecule has 1 saturated heterocycles. The Morgan fingerprint density at radius 1 is 0.612 bits per heavy atom. The van der Waals surface area contributed by atoms with Crippen LogP contribution in [-0.4, -0.2) is 198 Å². The molecule has 2 aromatic heterocycles. The van der Waals surface area contributed by atoms with E-state index in [0.717, 1.165) is 39.4 Å². The number of aromatic amines is 2. The molecule has 6 rings (SSSR count). The molecule has 0 spiro atoms.